The van der Waals surface area contributed by atoms with Gasteiger partial charge in [-0.2, -0.15) is 18.3 Å². The number of halogens is 3. The molecule has 2 heterocycles. The molecule has 0 bridgehead atoms. The maximum atomic E-state index is 12.1. The van der Waals surface area contributed by atoms with Crippen LogP contribution in [0.5, 0.6) is 0 Å². The van der Waals surface area contributed by atoms with Gasteiger partial charge in [-0.25, -0.2) is 0 Å². The second kappa shape index (κ2) is 3.41. The van der Waals surface area contributed by atoms with Crippen molar-refractivity contribution in [3.05, 3.63) is 11.3 Å². The number of anilines is 1. The number of fused-ring (bicyclic) bond motifs is 1. The Kier molecular flexibility index (Phi) is 2.34. The van der Waals surface area contributed by atoms with E-state index in [4.69, 9.17) is 5.73 Å². The van der Waals surface area contributed by atoms with Crippen LogP contribution in [0.1, 0.15) is 11.3 Å². The third-order valence-corrected chi connectivity index (χ3v) is 2.45. The van der Waals surface area contributed by atoms with Crippen molar-refractivity contribution in [3.63, 3.8) is 0 Å². The Bertz CT molecular complexity index is 357. The maximum absolute atomic E-state index is 12.1. The highest BCUT2D eigenvalue weighted by Crippen LogP contribution is 2.24. The Balaban J connectivity index is 2.08. The fourth-order valence-electron chi connectivity index (χ4n) is 1.76. The standard InChI is InChI=1S/C8H11F3N4/c9-8(10,11)4-15-2-1-6-5(3-15)7(12)14-13-6/h1-4H2,(H3,12,13,14). The molecule has 1 aromatic heterocycles. The number of nitrogen functional groups attached to an aromatic ring is 1. The van der Waals surface area contributed by atoms with Gasteiger partial charge in [0.1, 0.15) is 5.82 Å². The number of H-pyrrole nitrogens is 1. The summed E-state index contributed by atoms with van der Waals surface area (Å²) in [5.74, 6) is 0.303. The first-order valence-corrected chi connectivity index (χ1v) is 4.56. The molecule has 0 amide bonds. The molecule has 0 atom stereocenters. The highest BCUT2D eigenvalue weighted by Gasteiger charge is 2.33. The molecule has 0 saturated carbocycles. The smallest absolute Gasteiger partial charge is 0.382 e. The van der Waals surface area contributed by atoms with E-state index in [-0.39, 0.29) is 6.54 Å². The van der Waals surface area contributed by atoms with E-state index in [1.807, 2.05) is 0 Å². The fraction of sp³-hybridized carbons (Fsp3) is 0.625. The highest BCUT2D eigenvalue weighted by atomic mass is 19.4. The normalized spacial score (nSPS) is 17.8. The first kappa shape index (κ1) is 10.3. The quantitative estimate of drug-likeness (QED) is 0.739. The minimum absolute atomic E-state index is 0.219. The zero-order valence-electron chi connectivity index (χ0n) is 7.93. The minimum atomic E-state index is -4.16. The number of nitrogens with one attached hydrogen (secondary N) is 1. The van der Waals surface area contributed by atoms with E-state index in [1.54, 1.807) is 0 Å². The van der Waals surface area contributed by atoms with Gasteiger partial charge in [0.2, 0.25) is 0 Å². The molecule has 0 saturated heterocycles. The van der Waals surface area contributed by atoms with Crippen LogP contribution >= 0.6 is 0 Å². The third-order valence-electron chi connectivity index (χ3n) is 2.45. The van der Waals surface area contributed by atoms with Crippen LogP contribution in [0.15, 0.2) is 0 Å². The van der Waals surface area contributed by atoms with E-state index in [0.717, 1.165) is 5.69 Å². The Morgan fingerprint density at radius 2 is 2.20 bits per heavy atom. The Labute approximate surface area is 84.2 Å². The number of aromatic nitrogens is 2. The van der Waals surface area contributed by atoms with Crippen molar-refractivity contribution in [2.24, 2.45) is 0 Å². The van der Waals surface area contributed by atoms with Crippen molar-refractivity contribution >= 4 is 5.82 Å². The van der Waals surface area contributed by atoms with E-state index in [9.17, 15) is 13.2 Å². The second-order valence-corrected chi connectivity index (χ2v) is 3.64. The summed E-state index contributed by atoms with van der Waals surface area (Å²) in [4.78, 5) is 1.33. The van der Waals surface area contributed by atoms with Gasteiger partial charge in [-0.1, -0.05) is 0 Å². The fourth-order valence-corrected chi connectivity index (χ4v) is 1.76. The van der Waals surface area contributed by atoms with Gasteiger partial charge in [-0.3, -0.25) is 10.00 Å². The summed E-state index contributed by atoms with van der Waals surface area (Å²) in [6.07, 6.45) is -3.62. The molecule has 1 aromatic rings. The number of alkyl halides is 3. The minimum Gasteiger partial charge on any atom is -0.382 e. The van der Waals surface area contributed by atoms with Crippen molar-refractivity contribution in [1.82, 2.24) is 15.1 Å². The average molecular weight is 220 g/mol. The summed E-state index contributed by atoms with van der Waals surface area (Å²) < 4.78 is 36.4. The predicted octanol–water partition coefficient (Wildman–Crippen LogP) is 0.912. The molecule has 1 aliphatic heterocycles. The van der Waals surface area contributed by atoms with E-state index in [2.05, 4.69) is 10.2 Å². The van der Waals surface area contributed by atoms with Crippen LogP contribution in [-0.4, -0.2) is 34.4 Å². The molecule has 0 aromatic carbocycles. The molecular weight excluding hydrogens is 209 g/mol. The van der Waals surface area contributed by atoms with Crippen molar-refractivity contribution < 1.29 is 13.2 Å². The lowest BCUT2D eigenvalue weighted by molar-refractivity contribution is -0.147. The lowest BCUT2D eigenvalue weighted by Crippen LogP contribution is -2.37. The summed E-state index contributed by atoms with van der Waals surface area (Å²) >= 11 is 0. The molecule has 3 N–H and O–H groups in total. The van der Waals surface area contributed by atoms with Gasteiger partial charge in [0.25, 0.3) is 0 Å². The van der Waals surface area contributed by atoms with E-state index >= 15 is 0 Å². The number of aromatic amines is 1. The summed E-state index contributed by atoms with van der Waals surface area (Å²) in [7, 11) is 0. The summed E-state index contributed by atoms with van der Waals surface area (Å²) in [5.41, 5.74) is 7.09. The van der Waals surface area contributed by atoms with Gasteiger partial charge in [0.05, 0.1) is 6.54 Å². The molecule has 0 radical (unpaired) electrons. The molecule has 84 valence electrons. The molecule has 0 fully saturated rings. The van der Waals surface area contributed by atoms with E-state index in [1.165, 1.54) is 4.90 Å². The van der Waals surface area contributed by atoms with Gasteiger partial charge in [-0.15, -0.1) is 0 Å². The van der Waals surface area contributed by atoms with Crippen molar-refractivity contribution in [2.45, 2.75) is 19.1 Å². The lowest BCUT2D eigenvalue weighted by atomic mass is 10.1. The molecule has 0 spiro atoms. The third kappa shape index (κ3) is 2.23. The highest BCUT2D eigenvalue weighted by molar-refractivity contribution is 5.43. The number of hydrogen-bond acceptors (Lipinski definition) is 3. The van der Waals surface area contributed by atoms with Crippen molar-refractivity contribution in [3.8, 4) is 0 Å². The van der Waals surface area contributed by atoms with Crippen LogP contribution in [0, 0.1) is 0 Å². The van der Waals surface area contributed by atoms with Crippen LogP contribution in [-0.2, 0) is 13.0 Å². The number of rotatable bonds is 1. The molecule has 0 unspecified atom stereocenters. The average Bonchev–Trinajstić information content (AvgIpc) is 2.45. The Morgan fingerprint density at radius 3 is 2.87 bits per heavy atom. The van der Waals surface area contributed by atoms with Crippen LogP contribution in [0.25, 0.3) is 0 Å². The first-order chi connectivity index (χ1) is 6.96. The van der Waals surface area contributed by atoms with E-state index < -0.39 is 12.7 Å². The Hall–Kier alpha value is -1.24. The van der Waals surface area contributed by atoms with Crippen LogP contribution < -0.4 is 5.73 Å². The topological polar surface area (TPSA) is 57.9 Å². The predicted molar refractivity (Wildman–Crippen MR) is 48.0 cm³/mol. The Morgan fingerprint density at radius 1 is 1.47 bits per heavy atom. The molecule has 1 aliphatic rings. The van der Waals surface area contributed by atoms with Crippen molar-refractivity contribution in [1.29, 1.82) is 0 Å². The SMILES string of the molecule is Nc1n[nH]c2c1CN(CC(F)(F)F)CC2. The summed E-state index contributed by atoms with van der Waals surface area (Å²) in [5, 5.41) is 6.50. The number of hydrogen-bond donors (Lipinski definition) is 2. The molecule has 0 aliphatic carbocycles. The zero-order valence-corrected chi connectivity index (χ0v) is 7.93. The number of nitrogens with two attached hydrogens (primary N) is 1. The van der Waals surface area contributed by atoms with Crippen molar-refractivity contribution in [2.75, 3.05) is 18.8 Å². The molecule has 15 heavy (non-hydrogen) atoms. The molecule has 2 rings (SSSR count). The van der Waals surface area contributed by atoms with Gasteiger partial charge in [0.15, 0.2) is 0 Å². The maximum Gasteiger partial charge on any atom is 0.401 e. The van der Waals surface area contributed by atoms with Gasteiger partial charge in [0, 0.05) is 30.8 Å². The monoisotopic (exact) mass is 220 g/mol. The molecule has 7 heteroatoms. The summed E-state index contributed by atoms with van der Waals surface area (Å²) in [6.45, 7) is -0.289. The molecule has 4 nitrogen and oxygen atoms in total. The second-order valence-electron chi connectivity index (χ2n) is 3.64. The van der Waals surface area contributed by atoms with Crippen LogP contribution in [0.4, 0.5) is 19.0 Å². The van der Waals surface area contributed by atoms with E-state index in [0.29, 0.717) is 24.3 Å². The molecular formula is C8H11F3N4. The lowest BCUT2D eigenvalue weighted by Gasteiger charge is -2.27. The van der Waals surface area contributed by atoms with Gasteiger partial charge < -0.3 is 5.73 Å². The van der Waals surface area contributed by atoms with Crippen LogP contribution in [0.2, 0.25) is 0 Å². The van der Waals surface area contributed by atoms with Gasteiger partial charge in [-0.05, 0) is 0 Å². The number of nitrogens with zero attached hydrogens (tertiary/aromatic N) is 2. The summed E-state index contributed by atoms with van der Waals surface area (Å²) in [6, 6.07) is 0. The van der Waals surface area contributed by atoms with Crippen LogP contribution in [0.3, 0.4) is 0 Å². The largest absolute Gasteiger partial charge is 0.401 e. The first-order valence-electron chi connectivity index (χ1n) is 4.56. The van der Waals surface area contributed by atoms with Gasteiger partial charge >= 0.3 is 6.18 Å². The zero-order chi connectivity index (χ0) is 11.1.